The number of rotatable bonds is 2. The topological polar surface area (TPSA) is 21.3 Å². The first-order chi connectivity index (χ1) is 9.26. The van der Waals surface area contributed by atoms with E-state index >= 15 is 0 Å². The fourth-order valence-corrected chi connectivity index (χ4v) is 3.49. The van der Waals surface area contributed by atoms with Crippen molar-refractivity contribution in [2.75, 3.05) is 19.7 Å². The number of hydrogen-bond acceptors (Lipinski definition) is 2. The smallest absolute Gasteiger partial charge is 0.123 e. The van der Waals surface area contributed by atoms with Crippen LogP contribution in [0.4, 0.5) is 4.39 Å². The third-order valence-electron chi connectivity index (χ3n) is 4.55. The number of piperidine rings is 1. The summed E-state index contributed by atoms with van der Waals surface area (Å²) in [6.45, 7) is 3.03. The minimum atomic E-state index is -0.148. The Morgan fingerprint density at radius 1 is 1.21 bits per heavy atom. The minimum absolute atomic E-state index is 0.119. The second-order valence-corrected chi connectivity index (χ2v) is 5.97. The first-order valence-electron chi connectivity index (χ1n) is 7.35. The van der Waals surface area contributed by atoms with E-state index in [0.29, 0.717) is 5.92 Å². The predicted molar refractivity (Wildman–Crippen MR) is 73.6 cm³/mol. The Kier molecular flexibility index (Phi) is 3.85. The van der Waals surface area contributed by atoms with Crippen molar-refractivity contribution in [2.24, 2.45) is 5.92 Å². The van der Waals surface area contributed by atoms with Gasteiger partial charge in [0.05, 0.1) is 5.60 Å². The Bertz CT molecular complexity index is 406. The van der Waals surface area contributed by atoms with Gasteiger partial charge in [-0.1, -0.05) is 12.1 Å². The van der Waals surface area contributed by atoms with Crippen LogP contribution in [0, 0.1) is 11.7 Å². The summed E-state index contributed by atoms with van der Waals surface area (Å²) in [7, 11) is 0. The first-order valence-corrected chi connectivity index (χ1v) is 7.35. The van der Waals surface area contributed by atoms with Gasteiger partial charge in [0.1, 0.15) is 5.82 Å². The summed E-state index contributed by atoms with van der Waals surface area (Å²) in [5, 5.41) is 3.41. The van der Waals surface area contributed by atoms with E-state index in [-0.39, 0.29) is 11.4 Å². The number of benzene rings is 1. The predicted octanol–water partition coefficient (Wildman–Crippen LogP) is 2.92. The summed E-state index contributed by atoms with van der Waals surface area (Å²) in [4.78, 5) is 0. The van der Waals surface area contributed by atoms with E-state index in [1.807, 2.05) is 12.1 Å². The van der Waals surface area contributed by atoms with Crippen LogP contribution in [0.5, 0.6) is 0 Å². The molecule has 19 heavy (non-hydrogen) atoms. The van der Waals surface area contributed by atoms with Crippen LogP contribution >= 0.6 is 0 Å². The van der Waals surface area contributed by atoms with E-state index in [9.17, 15) is 4.39 Å². The summed E-state index contributed by atoms with van der Waals surface area (Å²) in [5.74, 6) is 0.530. The molecule has 2 fully saturated rings. The molecule has 0 aliphatic carbocycles. The molecule has 0 radical (unpaired) electrons. The monoisotopic (exact) mass is 263 g/mol. The highest BCUT2D eigenvalue weighted by atomic mass is 19.1. The maximum absolute atomic E-state index is 12.9. The molecule has 3 heteroatoms. The third-order valence-corrected chi connectivity index (χ3v) is 4.55. The molecule has 2 saturated heterocycles. The Labute approximate surface area is 114 Å². The number of hydrogen-bond donors (Lipinski definition) is 1. The van der Waals surface area contributed by atoms with Gasteiger partial charge in [-0.2, -0.15) is 0 Å². The van der Waals surface area contributed by atoms with E-state index in [1.165, 1.54) is 5.56 Å². The fraction of sp³-hybridized carbons (Fsp3) is 0.625. The highest BCUT2D eigenvalue weighted by Crippen LogP contribution is 2.37. The summed E-state index contributed by atoms with van der Waals surface area (Å²) >= 11 is 0. The molecule has 1 aromatic carbocycles. The van der Waals surface area contributed by atoms with Crippen molar-refractivity contribution in [1.29, 1.82) is 0 Å². The van der Waals surface area contributed by atoms with Gasteiger partial charge in [-0.3, -0.25) is 0 Å². The molecule has 1 spiro atoms. The zero-order valence-corrected chi connectivity index (χ0v) is 11.3. The Morgan fingerprint density at radius 2 is 1.95 bits per heavy atom. The molecule has 0 saturated carbocycles. The number of nitrogens with one attached hydrogen (secondary N) is 1. The molecule has 2 aliphatic heterocycles. The highest BCUT2D eigenvalue weighted by molar-refractivity contribution is 5.17. The lowest BCUT2D eigenvalue weighted by molar-refractivity contribution is -0.113. The van der Waals surface area contributed by atoms with Crippen molar-refractivity contribution in [2.45, 2.75) is 37.7 Å². The van der Waals surface area contributed by atoms with E-state index in [4.69, 9.17) is 4.74 Å². The van der Waals surface area contributed by atoms with Gasteiger partial charge in [0.2, 0.25) is 0 Å². The van der Waals surface area contributed by atoms with Gasteiger partial charge in [-0.05, 0) is 68.8 Å². The average Bonchev–Trinajstić information content (AvgIpc) is 2.42. The van der Waals surface area contributed by atoms with Crippen molar-refractivity contribution < 1.29 is 9.13 Å². The van der Waals surface area contributed by atoms with Crippen LogP contribution in [0.3, 0.4) is 0 Å². The van der Waals surface area contributed by atoms with E-state index in [0.717, 1.165) is 51.8 Å². The molecule has 0 aromatic heterocycles. The largest absolute Gasteiger partial charge is 0.375 e. The molecular formula is C16H22FNO. The summed E-state index contributed by atoms with van der Waals surface area (Å²) in [6, 6.07) is 6.96. The van der Waals surface area contributed by atoms with Crippen LogP contribution in [0.1, 0.15) is 31.2 Å². The van der Waals surface area contributed by atoms with Crippen LogP contribution < -0.4 is 5.32 Å². The second-order valence-electron chi connectivity index (χ2n) is 5.97. The molecule has 104 valence electrons. The van der Waals surface area contributed by atoms with E-state index in [1.54, 1.807) is 12.1 Å². The number of halogens is 1. The van der Waals surface area contributed by atoms with Crippen LogP contribution in [0.15, 0.2) is 24.3 Å². The van der Waals surface area contributed by atoms with Crippen molar-refractivity contribution in [1.82, 2.24) is 5.32 Å². The molecule has 0 amide bonds. The van der Waals surface area contributed by atoms with Crippen molar-refractivity contribution in [3.05, 3.63) is 35.6 Å². The Hall–Kier alpha value is -0.930. The highest BCUT2D eigenvalue weighted by Gasteiger charge is 2.38. The molecule has 0 unspecified atom stereocenters. The van der Waals surface area contributed by atoms with Crippen LogP contribution in [-0.4, -0.2) is 25.3 Å². The van der Waals surface area contributed by atoms with Crippen LogP contribution in [0.25, 0.3) is 0 Å². The lowest BCUT2D eigenvalue weighted by atomic mass is 9.78. The maximum atomic E-state index is 12.9. The summed E-state index contributed by atoms with van der Waals surface area (Å²) in [6.07, 6.45) is 5.61. The molecular weight excluding hydrogens is 241 g/mol. The zero-order chi connectivity index (χ0) is 13.1. The first kappa shape index (κ1) is 13.1. The normalized spacial score (nSPS) is 26.5. The summed E-state index contributed by atoms with van der Waals surface area (Å²) in [5.41, 5.74) is 1.37. The van der Waals surface area contributed by atoms with Gasteiger partial charge < -0.3 is 10.1 Å². The molecule has 1 aromatic rings. The van der Waals surface area contributed by atoms with Gasteiger partial charge in [0.15, 0.2) is 0 Å². The van der Waals surface area contributed by atoms with Gasteiger partial charge in [-0.15, -0.1) is 0 Å². The van der Waals surface area contributed by atoms with Crippen molar-refractivity contribution >= 4 is 0 Å². The van der Waals surface area contributed by atoms with Crippen molar-refractivity contribution in [3.8, 4) is 0 Å². The Morgan fingerprint density at radius 3 is 2.68 bits per heavy atom. The van der Waals surface area contributed by atoms with Crippen LogP contribution in [-0.2, 0) is 11.2 Å². The van der Waals surface area contributed by atoms with E-state index < -0.39 is 0 Å². The molecule has 0 bridgehead atoms. The molecule has 2 nitrogen and oxygen atoms in total. The maximum Gasteiger partial charge on any atom is 0.123 e. The lowest BCUT2D eigenvalue weighted by Crippen LogP contribution is -2.48. The fourth-order valence-electron chi connectivity index (χ4n) is 3.49. The molecule has 2 heterocycles. The summed E-state index contributed by atoms with van der Waals surface area (Å²) < 4.78 is 19.0. The number of ether oxygens (including phenoxy) is 1. The van der Waals surface area contributed by atoms with Crippen LogP contribution in [0.2, 0.25) is 0 Å². The lowest BCUT2D eigenvalue weighted by Gasteiger charge is -2.43. The van der Waals surface area contributed by atoms with Gasteiger partial charge in [0, 0.05) is 6.61 Å². The molecule has 2 aliphatic rings. The van der Waals surface area contributed by atoms with Crippen molar-refractivity contribution in [3.63, 3.8) is 0 Å². The second kappa shape index (κ2) is 5.59. The standard InChI is InChI=1S/C16H22FNO/c17-15-3-1-13(2-4-15)11-14-5-10-19-16(12-14)6-8-18-9-7-16/h1-4,14,18H,5-12H2/t14-/m0/s1. The third kappa shape index (κ3) is 3.15. The molecule has 1 atom stereocenters. The molecule has 1 N–H and O–H groups in total. The minimum Gasteiger partial charge on any atom is -0.375 e. The molecule has 3 rings (SSSR count). The van der Waals surface area contributed by atoms with Gasteiger partial charge >= 0.3 is 0 Å². The average molecular weight is 263 g/mol. The SMILES string of the molecule is Fc1ccc(C[C@@H]2CCOC3(CCNCC3)C2)cc1. The van der Waals surface area contributed by atoms with Gasteiger partial charge in [-0.25, -0.2) is 4.39 Å². The van der Waals surface area contributed by atoms with Gasteiger partial charge in [0.25, 0.3) is 0 Å². The zero-order valence-electron chi connectivity index (χ0n) is 11.3. The van der Waals surface area contributed by atoms with E-state index in [2.05, 4.69) is 5.32 Å². The quantitative estimate of drug-likeness (QED) is 0.886. The Balaban J connectivity index is 1.63.